The molecule has 0 bridgehead atoms. The molecule has 2 aliphatic heterocycles. The second-order valence-corrected chi connectivity index (χ2v) is 16.3. The molecule has 2 aliphatic rings. The van der Waals surface area contributed by atoms with Gasteiger partial charge in [0.15, 0.2) is 5.76 Å². The minimum atomic E-state index is -3.87. The molecule has 0 radical (unpaired) electrons. The van der Waals surface area contributed by atoms with Crippen LogP contribution < -0.4 is 14.9 Å². The fraction of sp³-hybridized carbons (Fsp3) is 0.231. The van der Waals surface area contributed by atoms with Gasteiger partial charge in [-0.25, -0.2) is 31.6 Å². The number of hydrogen-bond acceptors (Lipinski definition) is 8. The first kappa shape index (κ1) is 34.7. The number of hydrogen-bond donors (Lipinski definition) is 2. The predicted octanol–water partition coefficient (Wildman–Crippen LogP) is 5.61. The molecule has 55 heavy (non-hydrogen) atoms. The summed E-state index contributed by atoms with van der Waals surface area (Å²) in [6.45, 7) is 2.48. The quantitative estimate of drug-likeness (QED) is 0.213. The van der Waals surface area contributed by atoms with E-state index in [1.807, 2.05) is 4.40 Å². The average molecular weight is 768 g/mol. The zero-order valence-corrected chi connectivity index (χ0v) is 30.5. The number of aromatic nitrogens is 3. The first-order valence-corrected chi connectivity index (χ1v) is 19.2. The van der Waals surface area contributed by atoms with Gasteiger partial charge in [0.1, 0.15) is 34.4 Å². The summed E-state index contributed by atoms with van der Waals surface area (Å²) >= 11 is 0. The fourth-order valence-corrected chi connectivity index (χ4v) is 8.51. The van der Waals surface area contributed by atoms with Gasteiger partial charge in [-0.1, -0.05) is 6.07 Å². The molecule has 9 rings (SSSR count). The van der Waals surface area contributed by atoms with Gasteiger partial charge < -0.3 is 15.1 Å². The molecular formula is C39H32F3N7O5S. The Labute approximate surface area is 311 Å². The second-order valence-electron chi connectivity index (χ2n) is 14.3. The summed E-state index contributed by atoms with van der Waals surface area (Å²) in [6.07, 6.45) is 1.51. The third-order valence-corrected chi connectivity index (χ3v) is 11.8. The third kappa shape index (κ3) is 5.57. The van der Waals surface area contributed by atoms with E-state index in [4.69, 9.17) is 14.4 Å². The van der Waals surface area contributed by atoms with Gasteiger partial charge in [-0.15, -0.1) is 0 Å². The Kier molecular flexibility index (Phi) is 7.75. The van der Waals surface area contributed by atoms with Crippen molar-refractivity contribution in [2.45, 2.75) is 13.0 Å². The zero-order chi connectivity index (χ0) is 38.6. The van der Waals surface area contributed by atoms with E-state index >= 15 is 8.78 Å². The van der Waals surface area contributed by atoms with Crippen molar-refractivity contribution in [3.63, 3.8) is 0 Å². The van der Waals surface area contributed by atoms with Gasteiger partial charge in [-0.3, -0.25) is 23.2 Å². The molecule has 6 heterocycles. The molecule has 0 saturated carbocycles. The van der Waals surface area contributed by atoms with Crippen molar-refractivity contribution >= 4 is 65.9 Å². The number of nitrogens with one attached hydrogen (secondary N) is 2. The Bertz CT molecular complexity index is 2920. The minimum absolute atomic E-state index is 0.0458. The molecule has 3 aromatic carbocycles. The first-order valence-electron chi connectivity index (χ1n) is 17.3. The van der Waals surface area contributed by atoms with Crippen LogP contribution in [-0.4, -0.2) is 79.5 Å². The lowest BCUT2D eigenvalue weighted by Crippen LogP contribution is -2.56. The van der Waals surface area contributed by atoms with Crippen LogP contribution in [0.3, 0.4) is 0 Å². The van der Waals surface area contributed by atoms with Crippen molar-refractivity contribution in [1.29, 1.82) is 0 Å². The van der Waals surface area contributed by atoms with Crippen LogP contribution in [-0.2, 0) is 21.4 Å². The van der Waals surface area contributed by atoms with Crippen LogP contribution >= 0.6 is 0 Å². The number of pyridine rings is 1. The van der Waals surface area contributed by atoms with Crippen LogP contribution in [0, 0.1) is 22.9 Å². The number of fused-ring (bicyclic) bond motifs is 6. The maximum atomic E-state index is 15.3. The number of amides is 2. The molecule has 1 spiro atoms. The number of benzene rings is 3. The molecule has 0 aliphatic carbocycles. The molecular weight excluding hydrogens is 736 g/mol. The Morgan fingerprint density at radius 3 is 2.49 bits per heavy atom. The van der Waals surface area contributed by atoms with Gasteiger partial charge >= 0.3 is 0 Å². The summed E-state index contributed by atoms with van der Waals surface area (Å²) in [5.74, 6) is -2.30. The highest BCUT2D eigenvalue weighted by molar-refractivity contribution is 7.92. The fourth-order valence-electron chi connectivity index (χ4n) is 8.00. The van der Waals surface area contributed by atoms with Crippen molar-refractivity contribution in [3.05, 3.63) is 95.6 Å². The number of halogens is 3. The van der Waals surface area contributed by atoms with Gasteiger partial charge in [0.2, 0.25) is 15.9 Å². The van der Waals surface area contributed by atoms with E-state index in [2.05, 4.69) is 15.5 Å². The molecule has 0 unspecified atom stereocenters. The molecule has 16 heteroatoms. The Morgan fingerprint density at radius 1 is 0.982 bits per heavy atom. The number of carbonyl (C=O) groups excluding carboxylic acids is 2. The highest BCUT2D eigenvalue weighted by Gasteiger charge is 2.48. The number of anilines is 1. The lowest BCUT2D eigenvalue weighted by atomic mass is 9.79. The predicted molar refractivity (Wildman–Crippen MR) is 200 cm³/mol. The maximum Gasteiger partial charge on any atom is 0.255 e. The van der Waals surface area contributed by atoms with Gasteiger partial charge in [-0.05, 0) is 48.5 Å². The normalized spacial score (nSPS) is 15.7. The number of nitrogens with zero attached hydrogens (tertiary/aromatic N) is 5. The van der Waals surface area contributed by atoms with Crippen molar-refractivity contribution in [3.8, 4) is 22.6 Å². The van der Waals surface area contributed by atoms with Gasteiger partial charge in [0, 0.05) is 74.0 Å². The number of sulfonamides is 1. The van der Waals surface area contributed by atoms with Crippen LogP contribution in [0.4, 0.5) is 18.9 Å². The minimum Gasteiger partial charge on any atom is -0.455 e. The lowest BCUT2D eigenvalue weighted by molar-refractivity contribution is -0.120. The number of carbonyl (C=O) groups is 2. The summed E-state index contributed by atoms with van der Waals surface area (Å²) in [5.41, 5.74) is 2.54. The van der Waals surface area contributed by atoms with E-state index < -0.39 is 33.4 Å². The Morgan fingerprint density at radius 2 is 1.78 bits per heavy atom. The van der Waals surface area contributed by atoms with Gasteiger partial charge in [0.05, 0.1) is 51.9 Å². The summed E-state index contributed by atoms with van der Waals surface area (Å²) < 4.78 is 79.3. The number of rotatable bonds is 7. The maximum absolute atomic E-state index is 15.3. The molecule has 12 nitrogen and oxygen atoms in total. The largest absolute Gasteiger partial charge is 0.455 e. The third-order valence-electron chi connectivity index (χ3n) is 10.6. The Balaban J connectivity index is 1.25. The van der Waals surface area contributed by atoms with E-state index in [9.17, 15) is 22.4 Å². The second kappa shape index (κ2) is 12.3. The van der Waals surface area contributed by atoms with Crippen LogP contribution in [0.2, 0.25) is 0 Å². The SMILES string of the molecule is CNC(=O)c1c(-c2ccc(F)cc2F)oc2cc(N(C)S(C)(=O)=O)c(-c3ccc4nc(CN5CC6(CNC(=O)C6)C5)n5c6cccc(F)c6cc5c4n3)cc12. The standard InChI is InChI=1S/C39H32F3N7O5S/c1-43-38(51)35-24-12-23(30(47(2)55(3,52)53)14-32(24)54-37(35)21-8-7-20(40)11-26(21)42)27-9-10-28-36(46-27)31-13-22-25(41)5-4-6-29(22)49(31)33(45-28)16-48-18-39(19-48)15-34(50)44-17-39/h4-14H,15-19H2,1-3H3,(H,43,51)(H,44,50). The summed E-state index contributed by atoms with van der Waals surface area (Å²) in [6, 6.07) is 15.8. The van der Waals surface area contributed by atoms with E-state index in [1.165, 1.54) is 26.2 Å². The van der Waals surface area contributed by atoms with E-state index in [0.29, 0.717) is 77.6 Å². The average Bonchev–Trinajstić information content (AvgIpc) is 3.84. The molecule has 7 aromatic rings. The monoisotopic (exact) mass is 767 g/mol. The van der Waals surface area contributed by atoms with E-state index in [0.717, 1.165) is 22.7 Å². The number of furan rings is 1. The van der Waals surface area contributed by atoms with Crippen LogP contribution in [0.25, 0.3) is 61.0 Å². The van der Waals surface area contributed by atoms with E-state index in [-0.39, 0.29) is 50.4 Å². The zero-order valence-electron chi connectivity index (χ0n) is 29.7. The smallest absolute Gasteiger partial charge is 0.255 e. The summed E-state index contributed by atoms with van der Waals surface area (Å²) in [4.78, 5) is 37.6. The molecule has 2 fully saturated rings. The molecule has 280 valence electrons. The molecule has 2 amide bonds. The van der Waals surface area contributed by atoms with Gasteiger partial charge in [-0.2, -0.15) is 0 Å². The van der Waals surface area contributed by atoms with Crippen molar-refractivity contribution in [1.82, 2.24) is 29.9 Å². The lowest BCUT2D eigenvalue weighted by Gasteiger charge is -2.46. The van der Waals surface area contributed by atoms with Crippen LogP contribution in [0.5, 0.6) is 0 Å². The highest BCUT2D eigenvalue weighted by Crippen LogP contribution is 2.43. The number of likely N-dealkylation sites (tertiary alicyclic amines) is 1. The van der Waals surface area contributed by atoms with E-state index in [1.54, 1.807) is 36.4 Å². The summed E-state index contributed by atoms with van der Waals surface area (Å²) in [5, 5.41) is 6.06. The van der Waals surface area contributed by atoms with Crippen LogP contribution in [0.15, 0.2) is 71.1 Å². The molecule has 2 saturated heterocycles. The van der Waals surface area contributed by atoms with Crippen LogP contribution in [0.1, 0.15) is 22.6 Å². The molecule has 0 atom stereocenters. The van der Waals surface area contributed by atoms with Crippen molar-refractivity contribution < 1.29 is 35.6 Å². The molecule has 2 N–H and O–H groups in total. The topological polar surface area (TPSA) is 142 Å². The van der Waals surface area contributed by atoms with Crippen molar-refractivity contribution in [2.75, 3.05) is 44.3 Å². The molecule has 4 aromatic heterocycles. The highest BCUT2D eigenvalue weighted by atomic mass is 32.2. The van der Waals surface area contributed by atoms with Crippen molar-refractivity contribution in [2.24, 2.45) is 5.41 Å². The summed E-state index contributed by atoms with van der Waals surface area (Å²) in [7, 11) is -1.12. The Hall–Kier alpha value is -6.00. The van der Waals surface area contributed by atoms with Gasteiger partial charge in [0.25, 0.3) is 5.91 Å². The first-order chi connectivity index (χ1) is 26.2.